The lowest BCUT2D eigenvalue weighted by atomic mass is 10.1. The van der Waals surface area contributed by atoms with E-state index in [0.717, 1.165) is 5.56 Å². The third kappa shape index (κ3) is 2.78. The fourth-order valence-corrected chi connectivity index (χ4v) is 1.82. The van der Waals surface area contributed by atoms with Crippen LogP contribution in [0.3, 0.4) is 0 Å². The van der Waals surface area contributed by atoms with Gasteiger partial charge in [0.15, 0.2) is 0 Å². The lowest BCUT2D eigenvalue weighted by Crippen LogP contribution is -2.24. The van der Waals surface area contributed by atoms with Gasteiger partial charge in [-0.25, -0.2) is 0 Å². The first-order chi connectivity index (χ1) is 8.68. The molecule has 1 amide bonds. The smallest absolute Gasteiger partial charge is 0.255 e. The number of halogens is 1. The number of rotatable bonds is 3. The number of nitrogens with one attached hydrogen (secondary N) is 1. The molecule has 0 spiro atoms. The van der Waals surface area contributed by atoms with Crippen molar-refractivity contribution in [2.45, 2.75) is 6.54 Å². The van der Waals surface area contributed by atoms with Gasteiger partial charge >= 0.3 is 0 Å². The Labute approximate surface area is 110 Å². The molecule has 0 saturated heterocycles. The number of aromatic nitrogens is 1. The Kier molecular flexibility index (Phi) is 3.79. The predicted molar refractivity (Wildman–Crippen MR) is 71.3 cm³/mol. The molecule has 0 aliphatic heterocycles. The molecule has 92 valence electrons. The number of nitrogen functional groups attached to an aromatic ring is 1. The number of amides is 1. The topological polar surface area (TPSA) is 68.0 Å². The Balaban J connectivity index is 2.09. The van der Waals surface area contributed by atoms with E-state index in [1.54, 1.807) is 30.6 Å². The van der Waals surface area contributed by atoms with E-state index in [-0.39, 0.29) is 5.91 Å². The van der Waals surface area contributed by atoms with E-state index in [9.17, 15) is 4.79 Å². The quantitative estimate of drug-likeness (QED) is 0.833. The Morgan fingerprint density at radius 1 is 1.28 bits per heavy atom. The second kappa shape index (κ2) is 5.51. The van der Waals surface area contributed by atoms with Crippen molar-refractivity contribution in [3.05, 3.63) is 58.9 Å². The first-order valence-electron chi connectivity index (χ1n) is 5.39. The molecular weight excluding hydrogens is 250 g/mol. The Bertz CT molecular complexity index is 537. The van der Waals surface area contributed by atoms with Crippen LogP contribution in [0.25, 0.3) is 0 Å². The molecule has 1 aromatic heterocycles. The number of hydrogen-bond acceptors (Lipinski definition) is 3. The normalized spacial score (nSPS) is 10.1. The first kappa shape index (κ1) is 12.4. The van der Waals surface area contributed by atoms with Crippen LogP contribution in [0.4, 0.5) is 5.69 Å². The summed E-state index contributed by atoms with van der Waals surface area (Å²) in [6, 6.07) is 8.65. The molecule has 18 heavy (non-hydrogen) atoms. The number of hydrogen-bond donors (Lipinski definition) is 2. The summed E-state index contributed by atoms with van der Waals surface area (Å²) in [5, 5.41) is 3.12. The molecular formula is C13H12ClN3O. The fourth-order valence-electron chi connectivity index (χ4n) is 1.55. The molecule has 4 nitrogen and oxygen atoms in total. The van der Waals surface area contributed by atoms with Crippen LogP contribution in [0, 0.1) is 0 Å². The average Bonchev–Trinajstić information content (AvgIpc) is 2.37. The Hall–Kier alpha value is -2.07. The van der Waals surface area contributed by atoms with Crippen LogP contribution in [0.2, 0.25) is 5.02 Å². The highest BCUT2D eigenvalue weighted by molar-refractivity contribution is 6.34. The van der Waals surface area contributed by atoms with Crippen LogP contribution < -0.4 is 11.1 Å². The van der Waals surface area contributed by atoms with Gasteiger partial charge < -0.3 is 11.1 Å². The number of pyridine rings is 1. The molecule has 1 heterocycles. The summed E-state index contributed by atoms with van der Waals surface area (Å²) < 4.78 is 0. The molecule has 1 aromatic carbocycles. The maximum atomic E-state index is 12.0. The van der Waals surface area contributed by atoms with Gasteiger partial charge in [0.05, 0.1) is 10.6 Å². The standard InChI is InChI=1S/C13H12ClN3O/c14-10-2-1-3-11(15)12(10)13(18)17-8-9-4-6-16-7-5-9/h1-7H,8,15H2,(H,17,18). The summed E-state index contributed by atoms with van der Waals surface area (Å²) in [4.78, 5) is 15.9. The van der Waals surface area contributed by atoms with Gasteiger partial charge in [-0.2, -0.15) is 0 Å². The van der Waals surface area contributed by atoms with Gasteiger partial charge in [-0.3, -0.25) is 9.78 Å². The number of anilines is 1. The monoisotopic (exact) mass is 261 g/mol. The molecule has 5 heteroatoms. The minimum Gasteiger partial charge on any atom is -0.398 e. The molecule has 0 unspecified atom stereocenters. The van der Waals surface area contributed by atoms with Crippen LogP contribution in [-0.4, -0.2) is 10.9 Å². The van der Waals surface area contributed by atoms with E-state index in [4.69, 9.17) is 17.3 Å². The summed E-state index contributed by atoms with van der Waals surface area (Å²) in [5.41, 5.74) is 7.38. The molecule has 3 N–H and O–H groups in total. The van der Waals surface area contributed by atoms with Crippen molar-refractivity contribution < 1.29 is 4.79 Å². The zero-order valence-electron chi connectivity index (χ0n) is 9.56. The van der Waals surface area contributed by atoms with Gasteiger partial charge in [-0.05, 0) is 29.8 Å². The minimum atomic E-state index is -0.282. The highest BCUT2D eigenvalue weighted by Crippen LogP contribution is 2.21. The number of benzene rings is 1. The molecule has 0 bridgehead atoms. The maximum Gasteiger partial charge on any atom is 0.255 e. The van der Waals surface area contributed by atoms with Crippen molar-refractivity contribution in [3.8, 4) is 0 Å². The second-order valence-electron chi connectivity index (χ2n) is 3.74. The lowest BCUT2D eigenvalue weighted by Gasteiger charge is -2.09. The minimum absolute atomic E-state index is 0.282. The predicted octanol–water partition coefficient (Wildman–Crippen LogP) is 2.25. The van der Waals surface area contributed by atoms with E-state index in [2.05, 4.69) is 10.3 Å². The van der Waals surface area contributed by atoms with Crippen molar-refractivity contribution in [1.82, 2.24) is 10.3 Å². The lowest BCUT2D eigenvalue weighted by molar-refractivity contribution is 0.0952. The number of nitrogens with zero attached hydrogens (tertiary/aromatic N) is 1. The maximum absolute atomic E-state index is 12.0. The number of carbonyl (C=O) groups excluding carboxylic acids is 1. The van der Waals surface area contributed by atoms with Crippen molar-refractivity contribution in [2.24, 2.45) is 0 Å². The summed E-state index contributed by atoms with van der Waals surface area (Å²) in [5.74, 6) is -0.282. The molecule has 0 aliphatic rings. The highest BCUT2D eigenvalue weighted by atomic mass is 35.5. The van der Waals surface area contributed by atoms with E-state index < -0.39 is 0 Å². The average molecular weight is 262 g/mol. The van der Waals surface area contributed by atoms with Crippen LogP contribution >= 0.6 is 11.6 Å². The van der Waals surface area contributed by atoms with Crippen LogP contribution in [0.5, 0.6) is 0 Å². The van der Waals surface area contributed by atoms with Crippen molar-refractivity contribution in [1.29, 1.82) is 0 Å². The molecule has 0 saturated carbocycles. The van der Waals surface area contributed by atoms with Gasteiger partial charge in [0.25, 0.3) is 5.91 Å². The third-order valence-corrected chi connectivity index (χ3v) is 2.79. The number of nitrogens with two attached hydrogens (primary N) is 1. The van der Waals surface area contributed by atoms with Gasteiger partial charge in [0, 0.05) is 24.6 Å². The summed E-state index contributed by atoms with van der Waals surface area (Å²) in [7, 11) is 0. The summed E-state index contributed by atoms with van der Waals surface area (Å²) in [6.45, 7) is 0.409. The van der Waals surface area contributed by atoms with E-state index in [0.29, 0.717) is 22.8 Å². The summed E-state index contributed by atoms with van der Waals surface area (Å²) >= 11 is 5.96. The molecule has 0 radical (unpaired) electrons. The Morgan fingerprint density at radius 2 is 2.00 bits per heavy atom. The first-order valence-corrected chi connectivity index (χ1v) is 5.77. The summed E-state index contributed by atoms with van der Waals surface area (Å²) in [6.07, 6.45) is 3.34. The van der Waals surface area contributed by atoms with Gasteiger partial charge in [0.2, 0.25) is 0 Å². The zero-order valence-corrected chi connectivity index (χ0v) is 10.3. The zero-order chi connectivity index (χ0) is 13.0. The van der Waals surface area contributed by atoms with E-state index in [1.165, 1.54) is 0 Å². The SMILES string of the molecule is Nc1cccc(Cl)c1C(=O)NCc1ccncc1. The van der Waals surface area contributed by atoms with Crippen molar-refractivity contribution in [2.75, 3.05) is 5.73 Å². The van der Waals surface area contributed by atoms with Gasteiger partial charge in [-0.1, -0.05) is 17.7 Å². The molecule has 2 aromatic rings. The van der Waals surface area contributed by atoms with Crippen LogP contribution in [0.1, 0.15) is 15.9 Å². The molecule has 2 rings (SSSR count). The largest absolute Gasteiger partial charge is 0.398 e. The third-order valence-electron chi connectivity index (χ3n) is 2.48. The van der Waals surface area contributed by atoms with E-state index in [1.807, 2.05) is 12.1 Å². The van der Waals surface area contributed by atoms with Crippen LogP contribution in [0.15, 0.2) is 42.7 Å². The Morgan fingerprint density at radius 3 is 2.67 bits per heavy atom. The number of carbonyl (C=O) groups is 1. The van der Waals surface area contributed by atoms with Crippen molar-refractivity contribution >= 4 is 23.2 Å². The van der Waals surface area contributed by atoms with Crippen LogP contribution in [-0.2, 0) is 6.54 Å². The second-order valence-corrected chi connectivity index (χ2v) is 4.15. The van der Waals surface area contributed by atoms with E-state index >= 15 is 0 Å². The fraction of sp³-hybridized carbons (Fsp3) is 0.0769. The van der Waals surface area contributed by atoms with Crippen molar-refractivity contribution in [3.63, 3.8) is 0 Å². The molecule has 0 fully saturated rings. The molecule has 0 atom stereocenters. The van der Waals surface area contributed by atoms with Gasteiger partial charge in [-0.15, -0.1) is 0 Å². The highest BCUT2D eigenvalue weighted by Gasteiger charge is 2.13. The van der Waals surface area contributed by atoms with Gasteiger partial charge in [0.1, 0.15) is 0 Å². The molecule has 0 aliphatic carbocycles.